The van der Waals surface area contributed by atoms with E-state index in [-0.39, 0.29) is 6.61 Å². The van der Waals surface area contributed by atoms with Crippen LogP contribution in [-0.4, -0.2) is 44.9 Å². The highest BCUT2D eigenvalue weighted by Gasteiger charge is 2.32. The molecule has 3 heterocycles. The minimum Gasteiger partial charge on any atom is -0.393 e. The van der Waals surface area contributed by atoms with Gasteiger partial charge in [-0.2, -0.15) is 0 Å². The minimum absolute atomic E-state index is 0.313. The number of hydrogen-bond acceptors (Lipinski definition) is 4. The molecule has 0 radical (unpaired) electrons. The van der Waals surface area contributed by atoms with Crippen LogP contribution in [0.25, 0.3) is 10.9 Å². The summed E-state index contributed by atoms with van der Waals surface area (Å²) in [6, 6.07) is 10.1. The maximum atomic E-state index is 11.2. The fraction of sp³-hybridized carbons (Fsp3) is 0.381. The molecule has 0 amide bonds. The van der Waals surface area contributed by atoms with Crippen molar-refractivity contribution in [2.45, 2.75) is 32.0 Å². The highest BCUT2D eigenvalue weighted by atomic mass is 16.3. The van der Waals surface area contributed by atoms with E-state index in [2.05, 4.69) is 46.6 Å². The number of benzene rings is 1. The van der Waals surface area contributed by atoms with Crippen LogP contribution in [0.2, 0.25) is 0 Å². The molecule has 1 atom stereocenters. The van der Waals surface area contributed by atoms with Gasteiger partial charge in [0.25, 0.3) is 0 Å². The van der Waals surface area contributed by atoms with E-state index in [1.165, 1.54) is 22.2 Å². The third-order valence-electron chi connectivity index (χ3n) is 5.48. The SMILES string of the molecule is Cc1ccc2c(c1)c1c(n2CC(O)(CO)c2cccnc2)CCN(C)C1. The predicted octanol–water partition coefficient (Wildman–Crippen LogP) is 2.21. The Hall–Kier alpha value is -2.21. The molecule has 2 N–H and O–H groups in total. The monoisotopic (exact) mass is 351 g/mol. The number of pyridine rings is 1. The second-order valence-corrected chi connectivity index (χ2v) is 7.45. The third kappa shape index (κ3) is 2.82. The molecule has 1 aliphatic heterocycles. The molecule has 0 saturated heterocycles. The molecule has 0 fully saturated rings. The molecular formula is C21H25N3O2. The van der Waals surface area contributed by atoms with Gasteiger partial charge in [0.15, 0.2) is 0 Å². The van der Waals surface area contributed by atoms with E-state index in [0.717, 1.165) is 25.0 Å². The van der Waals surface area contributed by atoms with E-state index in [1.54, 1.807) is 18.5 Å². The second kappa shape index (κ2) is 6.50. The number of fused-ring (bicyclic) bond motifs is 3. The summed E-state index contributed by atoms with van der Waals surface area (Å²) in [5.41, 5.74) is 4.23. The molecule has 5 heteroatoms. The van der Waals surface area contributed by atoms with Crippen LogP contribution in [0.15, 0.2) is 42.7 Å². The Bertz CT molecular complexity index is 935. The second-order valence-electron chi connectivity index (χ2n) is 7.45. The lowest BCUT2D eigenvalue weighted by Gasteiger charge is -2.30. The molecular weight excluding hydrogens is 326 g/mol. The minimum atomic E-state index is -1.36. The van der Waals surface area contributed by atoms with Gasteiger partial charge in [0.1, 0.15) is 5.60 Å². The number of aryl methyl sites for hydroxylation is 1. The van der Waals surface area contributed by atoms with Crippen molar-refractivity contribution < 1.29 is 10.2 Å². The summed E-state index contributed by atoms with van der Waals surface area (Å²) >= 11 is 0. The maximum absolute atomic E-state index is 11.2. The molecule has 0 bridgehead atoms. The van der Waals surface area contributed by atoms with Gasteiger partial charge in [-0.25, -0.2) is 0 Å². The van der Waals surface area contributed by atoms with Crippen LogP contribution in [-0.2, 0) is 25.1 Å². The molecule has 136 valence electrons. The molecule has 0 saturated carbocycles. The zero-order valence-electron chi connectivity index (χ0n) is 15.3. The normalized spacial score (nSPS) is 17.2. The third-order valence-corrected chi connectivity index (χ3v) is 5.48. The Morgan fingerprint density at radius 2 is 2.12 bits per heavy atom. The summed E-state index contributed by atoms with van der Waals surface area (Å²) in [5, 5.41) is 22.5. The summed E-state index contributed by atoms with van der Waals surface area (Å²) < 4.78 is 2.19. The lowest BCUT2D eigenvalue weighted by molar-refractivity contribution is -0.0331. The highest BCUT2D eigenvalue weighted by Crippen LogP contribution is 2.34. The Morgan fingerprint density at radius 3 is 2.85 bits per heavy atom. The van der Waals surface area contributed by atoms with Crippen molar-refractivity contribution in [3.05, 3.63) is 65.1 Å². The first kappa shape index (κ1) is 17.2. The number of aliphatic hydroxyl groups excluding tert-OH is 1. The van der Waals surface area contributed by atoms with Crippen molar-refractivity contribution in [1.82, 2.24) is 14.5 Å². The van der Waals surface area contributed by atoms with Gasteiger partial charge in [0.05, 0.1) is 13.2 Å². The number of likely N-dealkylation sites (N-methyl/N-ethyl adjacent to an activating group) is 1. The van der Waals surface area contributed by atoms with E-state index in [4.69, 9.17) is 0 Å². The molecule has 0 aliphatic carbocycles. The van der Waals surface area contributed by atoms with Crippen LogP contribution in [0.5, 0.6) is 0 Å². The number of hydrogen-bond donors (Lipinski definition) is 2. The van der Waals surface area contributed by atoms with Crippen LogP contribution < -0.4 is 0 Å². The van der Waals surface area contributed by atoms with Crippen molar-refractivity contribution in [1.29, 1.82) is 0 Å². The molecule has 2 aromatic heterocycles. The predicted molar refractivity (Wildman–Crippen MR) is 102 cm³/mol. The van der Waals surface area contributed by atoms with Crippen molar-refractivity contribution in [2.75, 3.05) is 20.2 Å². The fourth-order valence-corrected chi connectivity index (χ4v) is 4.01. The average Bonchev–Trinajstić information content (AvgIpc) is 2.94. The number of rotatable bonds is 4. The molecule has 1 aliphatic rings. The van der Waals surface area contributed by atoms with E-state index in [0.29, 0.717) is 12.1 Å². The van der Waals surface area contributed by atoms with Crippen molar-refractivity contribution in [3.8, 4) is 0 Å². The first-order valence-electron chi connectivity index (χ1n) is 9.05. The van der Waals surface area contributed by atoms with E-state index < -0.39 is 5.60 Å². The number of aromatic nitrogens is 2. The molecule has 3 aromatic rings. The Morgan fingerprint density at radius 1 is 1.27 bits per heavy atom. The van der Waals surface area contributed by atoms with Gasteiger partial charge < -0.3 is 19.7 Å². The Kier molecular flexibility index (Phi) is 4.31. The van der Waals surface area contributed by atoms with Crippen LogP contribution in [0.1, 0.15) is 22.4 Å². The first-order valence-corrected chi connectivity index (χ1v) is 9.05. The van der Waals surface area contributed by atoms with Gasteiger partial charge >= 0.3 is 0 Å². The highest BCUT2D eigenvalue weighted by molar-refractivity contribution is 5.86. The van der Waals surface area contributed by atoms with Gasteiger partial charge in [0.2, 0.25) is 0 Å². The Balaban J connectivity index is 1.86. The topological polar surface area (TPSA) is 61.5 Å². The summed E-state index contributed by atoms with van der Waals surface area (Å²) in [4.78, 5) is 6.44. The summed E-state index contributed by atoms with van der Waals surface area (Å²) in [6.45, 7) is 3.97. The molecule has 1 unspecified atom stereocenters. The molecule has 0 spiro atoms. The largest absolute Gasteiger partial charge is 0.393 e. The van der Waals surface area contributed by atoms with Crippen LogP contribution in [0.4, 0.5) is 0 Å². The summed E-state index contributed by atoms with van der Waals surface area (Å²) in [5.74, 6) is 0. The first-order chi connectivity index (χ1) is 12.5. The van der Waals surface area contributed by atoms with E-state index >= 15 is 0 Å². The van der Waals surface area contributed by atoms with Gasteiger partial charge in [0, 0.05) is 54.1 Å². The van der Waals surface area contributed by atoms with Gasteiger partial charge in [-0.15, -0.1) is 0 Å². The molecule has 4 rings (SSSR count). The van der Waals surface area contributed by atoms with Gasteiger partial charge in [-0.05, 0) is 37.7 Å². The van der Waals surface area contributed by atoms with E-state index in [9.17, 15) is 10.2 Å². The van der Waals surface area contributed by atoms with Crippen LogP contribution >= 0.6 is 0 Å². The molecule has 5 nitrogen and oxygen atoms in total. The van der Waals surface area contributed by atoms with Crippen molar-refractivity contribution in [3.63, 3.8) is 0 Å². The smallest absolute Gasteiger partial charge is 0.132 e. The zero-order valence-corrected chi connectivity index (χ0v) is 15.3. The summed E-state index contributed by atoms with van der Waals surface area (Å²) in [7, 11) is 2.14. The fourth-order valence-electron chi connectivity index (χ4n) is 4.01. The van der Waals surface area contributed by atoms with Crippen molar-refractivity contribution >= 4 is 10.9 Å². The number of aliphatic hydroxyl groups is 2. The quantitative estimate of drug-likeness (QED) is 0.757. The average molecular weight is 351 g/mol. The van der Waals surface area contributed by atoms with Crippen LogP contribution in [0.3, 0.4) is 0 Å². The lowest BCUT2D eigenvalue weighted by atomic mass is 9.96. The summed E-state index contributed by atoms with van der Waals surface area (Å²) in [6.07, 6.45) is 4.24. The zero-order chi connectivity index (χ0) is 18.3. The number of nitrogens with zero attached hydrogens (tertiary/aromatic N) is 3. The Labute approximate surface area is 153 Å². The van der Waals surface area contributed by atoms with Crippen molar-refractivity contribution in [2.24, 2.45) is 0 Å². The van der Waals surface area contributed by atoms with Crippen LogP contribution in [0, 0.1) is 6.92 Å². The van der Waals surface area contributed by atoms with E-state index in [1.807, 2.05) is 6.07 Å². The molecule has 1 aromatic carbocycles. The maximum Gasteiger partial charge on any atom is 0.132 e. The standard InChI is InChI=1S/C21H25N3O2/c1-15-5-6-19-17(10-15)18-12-23(2)9-7-20(18)24(19)13-21(26,14-25)16-4-3-8-22-11-16/h3-6,8,10-11,25-26H,7,9,12-14H2,1-2H3. The molecule has 26 heavy (non-hydrogen) atoms. The lowest BCUT2D eigenvalue weighted by Crippen LogP contribution is -2.37. The van der Waals surface area contributed by atoms with Gasteiger partial charge in [-0.3, -0.25) is 4.98 Å². The van der Waals surface area contributed by atoms with Gasteiger partial charge in [-0.1, -0.05) is 17.7 Å².